The van der Waals surface area contributed by atoms with Gasteiger partial charge in [-0.15, -0.1) is 0 Å². The first-order valence-corrected chi connectivity index (χ1v) is 55.0. The second-order valence-corrected chi connectivity index (χ2v) is 45.0. The Morgan fingerprint density at radius 1 is 0.318 bits per heavy atom. The highest BCUT2D eigenvalue weighted by molar-refractivity contribution is 7.89. The van der Waals surface area contributed by atoms with Gasteiger partial charge in [0.15, 0.2) is 0 Å². The monoisotopic (exact) mass is 1840 g/mol. The van der Waals surface area contributed by atoms with Gasteiger partial charge in [-0.25, -0.2) is 52.6 Å². The summed E-state index contributed by atoms with van der Waals surface area (Å²) in [4.78, 5) is 22.4. The number of piperidine rings is 4. The smallest absolute Gasteiger partial charge is 0.208 e. The average molecular weight is 1840 g/mol. The van der Waals surface area contributed by atoms with Gasteiger partial charge in [0.25, 0.3) is 0 Å². The van der Waals surface area contributed by atoms with Crippen LogP contribution in [-0.2, 0) is 78.7 Å². The van der Waals surface area contributed by atoms with E-state index in [2.05, 4.69) is 212 Å². The fraction of sp³-hybridized carbons (Fsp3) is 0.559. The van der Waals surface area contributed by atoms with Crippen molar-refractivity contribution in [1.29, 1.82) is 0 Å². The summed E-state index contributed by atoms with van der Waals surface area (Å²) in [7, 11) is -13.0. The van der Waals surface area contributed by atoms with Crippen LogP contribution in [0, 0.1) is 23.7 Å². The third-order valence-electron chi connectivity index (χ3n) is 27.9. The van der Waals surface area contributed by atoms with E-state index in [0.717, 1.165) is 206 Å². The molecular weight excluding hydrogens is 1700 g/mol. The molecule has 4 aliphatic heterocycles. The van der Waals surface area contributed by atoms with Gasteiger partial charge in [-0.2, -0.15) is 0 Å². The lowest BCUT2D eigenvalue weighted by Crippen LogP contribution is -2.52. The molecule has 4 saturated carbocycles. The topological polar surface area (TPSA) is 273 Å². The predicted molar refractivity (Wildman–Crippen MR) is 514 cm³/mol. The molecule has 4 aliphatic carbocycles. The highest BCUT2D eigenvalue weighted by Gasteiger charge is 2.39. The third kappa shape index (κ3) is 33.8. The molecule has 8 fully saturated rings. The third-order valence-corrected chi connectivity index (χ3v) is 30.8. The first-order chi connectivity index (χ1) is 62.3. The van der Waals surface area contributed by atoms with E-state index < -0.39 is 40.1 Å². The normalized spacial score (nSPS) is 27.4. The molecule has 23 nitrogen and oxygen atoms in total. The molecular formula is C102H143N11O12S4. The molecule has 4 saturated heterocycles. The van der Waals surface area contributed by atoms with Crippen LogP contribution in [-0.4, -0.2) is 221 Å². The number of nitrogens with zero attached hydrogens (tertiary/aromatic N) is 7. The number of nitrogens with one attached hydrogen (secondary N) is 4. The van der Waals surface area contributed by atoms with Gasteiger partial charge in [-0.3, -0.25) is 34.6 Å². The molecule has 0 amide bonds. The molecule has 8 aromatic rings. The Morgan fingerprint density at radius 2 is 0.636 bits per heavy atom. The van der Waals surface area contributed by atoms with Gasteiger partial charge in [0.05, 0.1) is 81.6 Å². The SMILES string of the molecule is CS(=O)(=O)N[C@H]1CCN(Cc2ccccn2)CC1COC1CCC(c2ccccc2)CC1.CS(=O)(=O)N[C@H]1CCN(Cc2cccnc2)CC1COC1CCC(c2ccccc2)CC1.CS(=O)(=O)N[C@H]1CCN(Cc2ccncc2)CC1COC1CCC(c2ccccc2)CC1.C[C@H](c1ccccc1)N1CC[C@H](NS(C)(=O)=O)C(COC2CCC(c3ccccc3)CC2)C1. The van der Waals surface area contributed by atoms with Crippen LogP contribution in [0.2, 0.25) is 0 Å². The lowest BCUT2D eigenvalue weighted by atomic mass is 9.82. The molecule has 0 radical (unpaired) electrons. The number of likely N-dealkylation sites (tertiary alicyclic amines) is 4. The predicted octanol–water partition coefficient (Wildman–Crippen LogP) is 15.4. The lowest BCUT2D eigenvalue weighted by molar-refractivity contribution is -0.0215. The first kappa shape index (κ1) is 99.3. The van der Waals surface area contributed by atoms with Gasteiger partial charge < -0.3 is 18.9 Å². The van der Waals surface area contributed by atoms with Crippen LogP contribution in [0.1, 0.15) is 210 Å². The number of benzene rings is 5. The number of sulfonamides is 4. The van der Waals surface area contributed by atoms with Crippen LogP contribution >= 0.6 is 0 Å². The van der Waals surface area contributed by atoms with Crippen molar-refractivity contribution in [3.8, 4) is 0 Å². The second kappa shape index (κ2) is 49.7. The number of pyridine rings is 3. The number of rotatable bonds is 32. The Labute approximate surface area is 771 Å². The number of ether oxygens (including phenoxy) is 4. The molecule has 16 rings (SSSR count). The van der Waals surface area contributed by atoms with Gasteiger partial charge in [0, 0.05) is 157 Å². The maximum Gasteiger partial charge on any atom is 0.208 e. The Hall–Kier alpha value is -7.13. The van der Waals surface area contributed by atoms with Crippen molar-refractivity contribution in [2.75, 3.05) is 104 Å². The van der Waals surface area contributed by atoms with Crippen LogP contribution < -0.4 is 18.9 Å². The van der Waals surface area contributed by atoms with E-state index >= 15 is 0 Å². The summed E-state index contributed by atoms with van der Waals surface area (Å²) in [5.41, 5.74) is 10.5. The first-order valence-electron chi connectivity index (χ1n) is 47.5. The zero-order valence-corrected chi connectivity index (χ0v) is 79.9. The Balaban J connectivity index is 0.000000147. The fourth-order valence-electron chi connectivity index (χ4n) is 20.9. The zero-order valence-electron chi connectivity index (χ0n) is 76.6. The fourth-order valence-corrected chi connectivity index (χ4v) is 24.4. The van der Waals surface area contributed by atoms with Crippen molar-refractivity contribution >= 4 is 40.1 Å². The molecule has 5 aromatic carbocycles. The summed E-state index contributed by atoms with van der Waals surface area (Å²) >= 11 is 0. The van der Waals surface area contributed by atoms with E-state index in [-0.39, 0.29) is 72.3 Å². The van der Waals surface area contributed by atoms with E-state index in [1.54, 1.807) is 6.20 Å². The van der Waals surface area contributed by atoms with E-state index in [1.807, 2.05) is 67.3 Å². The van der Waals surface area contributed by atoms with Crippen LogP contribution in [0.4, 0.5) is 0 Å². The molecule has 27 heteroatoms. The summed E-state index contributed by atoms with van der Waals surface area (Å²) in [6.07, 6.45) is 36.1. The van der Waals surface area contributed by atoms with Crippen molar-refractivity contribution < 1.29 is 52.6 Å². The van der Waals surface area contributed by atoms with Crippen LogP contribution in [0.15, 0.2) is 225 Å². The summed E-state index contributed by atoms with van der Waals surface area (Å²) in [6, 6.07) is 67.7. The molecule has 9 atom stereocenters. The highest BCUT2D eigenvalue weighted by atomic mass is 32.2. The maximum absolute atomic E-state index is 12.0. The Morgan fingerprint density at radius 3 is 0.961 bits per heavy atom. The van der Waals surface area contributed by atoms with Gasteiger partial charge in [-0.05, 0) is 228 Å². The molecule has 4 N–H and O–H groups in total. The largest absolute Gasteiger partial charge is 0.378 e. The molecule has 0 bridgehead atoms. The van der Waals surface area contributed by atoms with Crippen molar-refractivity contribution in [2.45, 2.75) is 233 Å². The lowest BCUT2D eigenvalue weighted by Gasteiger charge is -2.42. The Bertz CT molecular complexity index is 4640. The molecule has 4 unspecified atom stereocenters. The minimum absolute atomic E-state index is 0.0696. The van der Waals surface area contributed by atoms with Gasteiger partial charge in [0.2, 0.25) is 40.1 Å². The second-order valence-electron chi connectivity index (χ2n) is 37.9. The van der Waals surface area contributed by atoms with Gasteiger partial charge in [0.1, 0.15) is 0 Å². The minimum Gasteiger partial charge on any atom is -0.378 e. The average Bonchev–Trinajstić information content (AvgIpc) is 0.824. The summed E-state index contributed by atoms with van der Waals surface area (Å²) in [5.74, 6) is 3.07. The highest BCUT2D eigenvalue weighted by Crippen LogP contribution is 2.40. The number of aromatic nitrogens is 3. The van der Waals surface area contributed by atoms with Gasteiger partial charge >= 0.3 is 0 Å². The number of hydrogen-bond donors (Lipinski definition) is 4. The van der Waals surface area contributed by atoms with Crippen molar-refractivity contribution in [3.05, 3.63) is 270 Å². The van der Waals surface area contributed by atoms with E-state index in [0.29, 0.717) is 56.1 Å². The maximum atomic E-state index is 12.0. The standard InChI is InChI=1S/C27H38N2O3S.3C25H35N3O3S/c1-21(22-9-5-3-6-10-22)29-18-17-27(28-33(2,30)31)25(19-29)20-32-26-15-13-24(14-16-26)23-11-7-4-8-12-23;1-32(29,30)27-25-13-15-28(17-20-6-5-14-26-16-20)18-23(25)19-31-24-11-9-22(10-12-24)21-7-3-2-4-8-21;1-32(29,30)27-25-14-16-28(18-23-9-5-6-15-26-23)17-22(25)19-31-24-12-10-21(11-13-24)20-7-3-2-4-8-20;1-32(29,30)27-25-13-16-28(17-20-11-14-26-15-12-20)18-23(25)19-31-24-9-7-22(8-10-24)21-5-3-2-4-6-21/h3-12,21,24-28H,13-20H2,1-2H3;2-8,14,16,22-25,27H,9-13,15,17-19H2,1H3;2-9,15,21-22,24-25,27H,10-14,16-19H2,1H3;2-6,11-12,14-15,22-25,27H,7-10,13,16-19H2,1H3/t21-,24?,25?,26?,27+;22?,23?,24?,25-;21?,22?,24?,25-;22?,23?,24?,25-/m1000/s1. The quantitative estimate of drug-likeness (QED) is 0.0305. The molecule has 8 aliphatic rings. The van der Waals surface area contributed by atoms with Crippen LogP contribution in [0.25, 0.3) is 0 Å². The molecule has 3 aromatic heterocycles. The van der Waals surface area contributed by atoms with E-state index in [4.69, 9.17) is 18.9 Å². The molecule has 702 valence electrons. The Kier molecular flexibility index (Phi) is 38.3. The summed E-state index contributed by atoms with van der Waals surface area (Å²) in [5, 5.41) is 0. The van der Waals surface area contributed by atoms with Crippen LogP contribution in [0.5, 0.6) is 0 Å². The summed E-state index contributed by atoms with van der Waals surface area (Å²) in [6.45, 7) is 13.8. The number of hydrogen-bond acceptors (Lipinski definition) is 19. The zero-order chi connectivity index (χ0) is 90.4. The molecule has 0 spiro atoms. The molecule has 129 heavy (non-hydrogen) atoms. The van der Waals surface area contributed by atoms with Crippen LogP contribution in [0.3, 0.4) is 0 Å². The minimum atomic E-state index is -3.25. The summed E-state index contributed by atoms with van der Waals surface area (Å²) < 4.78 is 133. The van der Waals surface area contributed by atoms with E-state index in [1.165, 1.54) is 64.0 Å². The van der Waals surface area contributed by atoms with Crippen molar-refractivity contribution in [1.82, 2.24) is 53.4 Å². The van der Waals surface area contributed by atoms with Gasteiger partial charge in [-0.1, -0.05) is 164 Å². The van der Waals surface area contributed by atoms with Crippen molar-refractivity contribution in [3.63, 3.8) is 0 Å². The molecule has 7 heterocycles. The van der Waals surface area contributed by atoms with Crippen molar-refractivity contribution in [2.24, 2.45) is 23.7 Å². The van der Waals surface area contributed by atoms with E-state index in [9.17, 15) is 33.7 Å².